The Balaban J connectivity index is 1.43. The highest BCUT2D eigenvalue weighted by molar-refractivity contribution is 7.98. The van der Waals surface area contributed by atoms with E-state index in [0.717, 1.165) is 41.1 Å². The van der Waals surface area contributed by atoms with Gasteiger partial charge < -0.3 is 14.2 Å². The van der Waals surface area contributed by atoms with Crippen LogP contribution in [0.25, 0.3) is 0 Å². The van der Waals surface area contributed by atoms with Crippen LogP contribution in [0.3, 0.4) is 0 Å². The van der Waals surface area contributed by atoms with Gasteiger partial charge in [0.25, 0.3) is 5.91 Å². The van der Waals surface area contributed by atoms with Crippen molar-refractivity contribution in [3.05, 3.63) is 70.7 Å². The van der Waals surface area contributed by atoms with Crippen LogP contribution in [0, 0.1) is 13.8 Å². The smallest absolute Gasteiger partial charge is 0.341 e. The third-order valence-corrected chi connectivity index (χ3v) is 6.68. The molecule has 3 aromatic rings. The van der Waals surface area contributed by atoms with Crippen molar-refractivity contribution >= 4 is 29.3 Å². The van der Waals surface area contributed by atoms with Crippen molar-refractivity contribution in [1.82, 2.24) is 10.1 Å². The lowest BCUT2D eigenvalue weighted by atomic mass is 9.96. The zero-order valence-electron chi connectivity index (χ0n) is 18.3. The van der Waals surface area contributed by atoms with Crippen LogP contribution in [-0.2, 0) is 21.7 Å². The molecule has 0 spiro atoms. The monoisotopic (exact) mass is 451 g/mol. The molecular formula is C24H25N3O4S. The largest absolute Gasteiger partial charge is 0.452 e. The molecule has 0 aliphatic carbocycles. The van der Waals surface area contributed by atoms with Crippen LogP contribution in [0.15, 0.2) is 52.1 Å². The summed E-state index contributed by atoms with van der Waals surface area (Å²) in [6.07, 6.45) is 3.44. The number of ether oxygens (including phenoxy) is 1. The molecule has 1 aromatic carbocycles. The lowest BCUT2D eigenvalue weighted by Crippen LogP contribution is -2.44. The molecule has 0 fully saturated rings. The molecule has 7 nitrogen and oxygen atoms in total. The zero-order valence-corrected chi connectivity index (χ0v) is 19.1. The van der Waals surface area contributed by atoms with E-state index in [0.29, 0.717) is 16.3 Å². The number of aromatic nitrogens is 2. The molecule has 3 heterocycles. The van der Waals surface area contributed by atoms with Crippen molar-refractivity contribution in [3.8, 4) is 0 Å². The molecule has 1 atom stereocenters. The van der Waals surface area contributed by atoms with E-state index in [-0.39, 0.29) is 18.6 Å². The van der Waals surface area contributed by atoms with Gasteiger partial charge in [0.2, 0.25) is 0 Å². The highest BCUT2D eigenvalue weighted by Crippen LogP contribution is 2.31. The van der Waals surface area contributed by atoms with E-state index in [9.17, 15) is 9.59 Å². The number of carbonyl (C=O) groups is 2. The number of benzene rings is 1. The van der Waals surface area contributed by atoms with E-state index in [1.807, 2.05) is 45.0 Å². The van der Waals surface area contributed by atoms with Gasteiger partial charge in [0, 0.05) is 29.2 Å². The average molecular weight is 452 g/mol. The Morgan fingerprint density at radius 2 is 2.03 bits per heavy atom. The quantitative estimate of drug-likeness (QED) is 0.403. The summed E-state index contributed by atoms with van der Waals surface area (Å²) in [4.78, 5) is 31.8. The molecule has 1 aliphatic heterocycles. The van der Waals surface area contributed by atoms with E-state index in [1.54, 1.807) is 23.2 Å². The molecule has 8 heteroatoms. The van der Waals surface area contributed by atoms with Crippen molar-refractivity contribution in [1.29, 1.82) is 0 Å². The Labute approximate surface area is 191 Å². The van der Waals surface area contributed by atoms with Crippen LogP contribution in [0.2, 0.25) is 0 Å². The number of aryl methyl sites for hydroxylation is 3. The summed E-state index contributed by atoms with van der Waals surface area (Å²) in [6.45, 7) is 5.43. The number of fused-ring (bicyclic) bond motifs is 1. The molecule has 166 valence electrons. The molecule has 1 aliphatic rings. The van der Waals surface area contributed by atoms with E-state index in [2.05, 4.69) is 10.1 Å². The SMILES string of the molecule is Cc1noc(C)c1CSc1ncccc1C(=O)OCC(=O)N1c2ccccc2CCC1C. The van der Waals surface area contributed by atoms with Crippen LogP contribution in [0.4, 0.5) is 5.69 Å². The maximum Gasteiger partial charge on any atom is 0.341 e. The third-order valence-electron chi connectivity index (χ3n) is 5.64. The fourth-order valence-electron chi connectivity index (χ4n) is 3.85. The van der Waals surface area contributed by atoms with E-state index in [1.165, 1.54) is 11.8 Å². The van der Waals surface area contributed by atoms with Crippen molar-refractivity contribution in [3.63, 3.8) is 0 Å². The Hall–Kier alpha value is -3.13. The number of para-hydroxylation sites is 1. The Bertz CT molecular complexity index is 1120. The predicted molar refractivity (Wildman–Crippen MR) is 122 cm³/mol. The molecule has 1 amide bonds. The van der Waals surface area contributed by atoms with Crippen molar-refractivity contribution in [2.45, 2.75) is 50.4 Å². The number of carbonyl (C=O) groups excluding carboxylic acids is 2. The minimum atomic E-state index is -0.564. The fourth-order valence-corrected chi connectivity index (χ4v) is 4.99. The average Bonchev–Trinajstić information content (AvgIpc) is 3.13. The first kappa shape index (κ1) is 22.1. The standard InChI is InChI=1S/C24H25N3O4S/c1-15-10-11-18-7-4-5-9-21(18)27(15)22(28)13-30-24(29)19-8-6-12-25-23(19)32-14-20-16(2)26-31-17(20)3/h4-9,12,15H,10-11,13-14H2,1-3H3. The lowest BCUT2D eigenvalue weighted by molar-refractivity contribution is -0.122. The number of nitrogens with zero attached hydrogens (tertiary/aromatic N) is 3. The predicted octanol–water partition coefficient (Wildman–Crippen LogP) is 4.50. The summed E-state index contributed by atoms with van der Waals surface area (Å²) in [5, 5.41) is 4.50. The van der Waals surface area contributed by atoms with Crippen molar-refractivity contribution in [2.24, 2.45) is 0 Å². The van der Waals surface area contributed by atoms with Gasteiger partial charge in [-0.1, -0.05) is 23.4 Å². The number of anilines is 1. The molecule has 32 heavy (non-hydrogen) atoms. The van der Waals surface area contributed by atoms with Gasteiger partial charge in [0.15, 0.2) is 6.61 Å². The van der Waals surface area contributed by atoms with Gasteiger partial charge in [-0.25, -0.2) is 9.78 Å². The second-order valence-electron chi connectivity index (χ2n) is 7.80. The number of thioether (sulfide) groups is 1. The Kier molecular flexibility index (Phi) is 6.60. The van der Waals surface area contributed by atoms with Gasteiger partial charge in [-0.2, -0.15) is 0 Å². The van der Waals surface area contributed by atoms with Gasteiger partial charge in [0.1, 0.15) is 10.8 Å². The lowest BCUT2D eigenvalue weighted by Gasteiger charge is -2.35. The summed E-state index contributed by atoms with van der Waals surface area (Å²) < 4.78 is 10.6. The molecule has 2 aromatic heterocycles. The maximum absolute atomic E-state index is 13.0. The Morgan fingerprint density at radius 3 is 2.81 bits per heavy atom. The number of hydrogen-bond donors (Lipinski definition) is 0. The zero-order chi connectivity index (χ0) is 22.7. The second-order valence-corrected chi connectivity index (χ2v) is 8.77. The molecule has 0 N–H and O–H groups in total. The Morgan fingerprint density at radius 1 is 1.22 bits per heavy atom. The van der Waals surface area contributed by atoms with Crippen LogP contribution in [-0.4, -0.2) is 34.7 Å². The van der Waals surface area contributed by atoms with Crippen LogP contribution >= 0.6 is 11.8 Å². The molecule has 0 saturated heterocycles. The summed E-state index contributed by atoms with van der Waals surface area (Å²) in [7, 11) is 0. The number of rotatable bonds is 6. The van der Waals surface area contributed by atoms with E-state index < -0.39 is 5.97 Å². The van der Waals surface area contributed by atoms with Gasteiger partial charge in [-0.05, 0) is 57.4 Å². The molecular weight excluding hydrogens is 426 g/mol. The molecule has 0 saturated carbocycles. The van der Waals surface area contributed by atoms with Gasteiger partial charge in [-0.3, -0.25) is 4.79 Å². The molecule has 0 radical (unpaired) electrons. The van der Waals surface area contributed by atoms with Crippen LogP contribution in [0.5, 0.6) is 0 Å². The third kappa shape index (κ3) is 4.55. The molecule has 0 bridgehead atoms. The number of amides is 1. The minimum absolute atomic E-state index is 0.0515. The van der Waals surface area contributed by atoms with E-state index >= 15 is 0 Å². The number of hydrogen-bond acceptors (Lipinski definition) is 7. The summed E-state index contributed by atoms with van der Waals surface area (Å²) in [5.41, 5.74) is 4.16. The van der Waals surface area contributed by atoms with Crippen LogP contribution < -0.4 is 4.90 Å². The minimum Gasteiger partial charge on any atom is -0.452 e. The first-order chi connectivity index (χ1) is 15.5. The maximum atomic E-state index is 13.0. The van der Waals surface area contributed by atoms with E-state index in [4.69, 9.17) is 9.26 Å². The molecule has 1 unspecified atom stereocenters. The van der Waals surface area contributed by atoms with Crippen molar-refractivity contribution < 1.29 is 18.8 Å². The normalized spacial score (nSPS) is 15.3. The fraction of sp³-hybridized carbons (Fsp3) is 0.333. The van der Waals surface area contributed by atoms with Crippen molar-refractivity contribution in [2.75, 3.05) is 11.5 Å². The first-order valence-corrected chi connectivity index (χ1v) is 11.5. The first-order valence-electron chi connectivity index (χ1n) is 10.5. The van der Waals surface area contributed by atoms with Gasteiger partial charge in [-0.15, -0.1) is 11.8 Å². The molecule has 4 rings (SSSR count). The number of esters is 1. The van der Waals surface area contributed by atoms with Crippen LogP contribution in [0.1, 0.15) is 46.3 Å². The summed E-state index contributed by atoms with van der Waals surface area (Å²) >= 11 is 1.41. The topological polar surface area (TPSA) is 85.5 Å². The second kappa shape index (κ2) is 9.56. The summed E-state index contributed by atoms with van der Waals surface area (Å²) in [5.74, 6) is 0.522. The number of pyridine rings is 1. The highest BCUT2D eigenvalue weighted by Gasteiger charge is 2.29. The highest BCUT2D eigenvalue weighted by atomic mass is 32.2. The van der Waals surface area contributed by atoms with Gasteiger partial charge in [0.05, 0.1) is 11.3 Å². The summed E-state index contributed by atoms with van der Waals surface area (Å²) in [6, 6.07) is 11.3. The van der Waals surface area contributed by atoms with Gasteiger partial charge >= 0.3 is 5.97 Å².